The minimum atomic E-state index is -0.127. The molecule has 6 rings (SSSR count). The highest BCUT2D eigenvalue weighted by atomic mass is 79.9. The van der Waals surface area contributed by atoms with Gasteiger partial charge in [-0.1, -0.05) is 94.0 Å². The van der Waals surface area contributed by atoms with Crippen LogP contribution in [0.1, 0.15) is 40.3 Å². The monoisotopic (exact) mass is 512 g/mol. The molecule has 162 valence electrons. The van der Waals surface area contributed by atoms with Crippen LogP contribution in [0.2, 0.25) is 0 Å². The van der Waals surface area contributed by atoms with Gasteiger partial charge in [0, 0.05) is 10.0 Å². The Balaban J connectivity index is 1.62. The summed E-state index contributed by atoms with van der Waals surface area (Å²) in [5.74, 6) is 0. The number of nitrogens with zero attached hydrogens (tertiary/aromatic N) is 2. The Morgan fingerprint density at radius 1 is 1.03 bits per heavy atom. The van der Waals surface area contributed by atoms with Gasteiger partial charge in [-0.2, -0.15) is 0 Å². The van der Waals surface area contributed by atoms with Crippen molar-refractivity contribution in [3.8, 4) is 0 Å². The van der Waals surface area contributed by atoms with E-state index >= 15 is 0 Å². The maximum absolute atomic E-state index is 13.7. The molecule has 1 unspecified atom stereocenters. The van der Waals surface area contributed by atoms with Crippen LogP contribution in [0.15, 0.2) is 92.6 Å². The van der Waals surface area contributed by atoms with Gasteiger partial charge in [-0.25, -0.2) is 4.99 Å². The van der Waals surface area contributed by atoms with E-state index in [-0.39, 0.29) is 11.6 Å². The van der Waals surface area contributed by atoms with Crippen LogP contribution >= 0.6 is 27.3 Å². The molecule has 33 heavy (non-hydrogen) atoms. The zero-order valence-electron chi connectivity index (χ0n) is 18.1. The molecule has 0 saturated carbocycles. The van der Waals surface area contributed by atoms with Gasteiger partial charge in [0.25, 0.3) is 5.56 Å². The van der Waals surface area contributed by atoms with Crippen LogP contribution in [0.25, 0.3) is 11.8 Å². The van der Waals surface area contributed by atoms with Crippen LogP contribution in [-0.2, 0) is 6.42 Å². The number of halogens is 1. The van der Waals surface area contributed by atoms with E-state index in [0.717, 1.165) is 38.9 Å². The van der Waals surface area contributed by atoms with E-state index in [2.05, 4.69) is 71.4 Å². The molecule has 1 aromatic heterocycles. The highest BCUT2D eigenvalue weighted by Gasteiger charge is 2.32. The van der Waals surface area contributed by atoms with E-state index in [0.29, 0.717) is 4.53 Å². The summed E-state index contributed by atoms with van der Waals surface area (Å²) >= 11 is 5.08. The molecule has 0 fully saturated rings. The van der Waals surface area contributed by atoms with Gasteiger partial charge in [0.05, 0.1) is 16.3 Å². The van der Waals surface area contributed by atoms with Crippen molar-refractivity contribution in [2.75, 3.05) is 0 Å². The normalized spacial score (nSPS) is 17.3. The lowest BCUT2D eigenvalue weighted by Gasteiger charge is -2.30. The van der Waals surface area contributed by atoms with Crippen molar-refractivity contribution in [3.05, 3.63) is 130 Å². The van der Waals surface area contributed by atoms with Crippen molar-refractivity contribution in [3.63, 3.8) is 0 Å². The maximum Gasteiger partial charge on any atom is 0.271 e. The second-order valence-corrected chi connectivity index (χ2v) is 10.4. The number of rotatable bonds is 2. The quantitative estimate of drug-likeness (QED) is 0.354. The van der Waals surface area contributed by atoms with Crippen molar-refractivity contribution in [2.45, 2.75) is 25.8 Å². The molecule has 4 aromatic rings. The van der Waals surface area contributed by atoms with Crippen molar-refractivity contribution >= 4 is 39.0 Å². The Labute approximate surface area is 204 Å². The minimum absolute atomic E-state index is 0.0229. The molecular formula is C28H21BrN2OS. The van der Waals surface area contributed by atoms with E-state index in [1.165, 1.54) is 33.6 Å². The van der Waals surface area contributed by atoms with Gasteiger partial charge in [-0.15, -0.1) is 0 Å². The van der Waals surface area contributed by atoms with Crippen LogP contribution in [0.3, 0.4) is 0 Å². The Morgan fingerprint density at radius 2 is 1.82 bits per heavy atom. The number of benzene rings is 3. The van der Waals surface area contributed by atoms with Gasteiger partial charge >= 0.3 is 0 Å². The lowest BCUT2D eigenvalue weighted by molar-refractivity contribution is 0.585. The minimum Gasteiger partial charge on any atom is -0.272 e. The van der Waals surface area contributed by atoms with Crippen LogP contribution in [0, 0.1) is 6.92 Å². The van der Waals surface area contributed by atoms with Gasteiger partial charge in [0.1, 0.15) is 0 Å². The summed E-state index contributed by atoms with van der Waals surface area (Å²) in [6.07, 6.45) is 3.85. The summed E-state index contributed by atoms with van der Waals surface area (Å²) in [5, 5.41) is 0. The number of hydrogen-bond acceptors (Lipinski definition) is 3. The molecule has 0 amide bonds. The number of allylic oxidation sites excluding steroid dienone is 1. The third-order valence-electron chi connectivity index (χ3n) is 6.48. The zero-order chi connectivity index (χ0) is 22.5. The fraction of sp³-hybridized carbons (Fsp3) is 0.143. The second-order valence-electron chi connectivity index (χ2n) is 8.53. The summed E-state index contributed by atoms with van der Waals surface area (Å²) in [5.41, 5.74) is 8.12. The highest BCUT2D eigenvalue weighted by molar-refractivity contribution is 9.10. The van der Waals surface area contributed by atoms with Crippen molar-refractivity contribution in [1.82, 2.24) is 4.57 Å². The van der Waals surface area contributed by atoms with E-state index in [4.69, 9.17) is 4.99 Å². The third-order valence-corrected chi connectivity index (χ3v) is 8.32. The summed E-state index contributed by atoms with van der Waals surface area (Å²) in [6, 6.07) is 24.9. The molecule has 3 aromatic carbocycles. The highest BCUT2D eigenvalue weighted by Crippen LogP contribution is 2.41. The standard InChI is InChI=1S/C28H21BrN2OS/c1-17-11-12-18(15-23(17)29)16-24-27(32)31-26(20-8-3-2-4-9-20)22-14-13-19-7-5-6-10-21(19)25(22)30-28(31)33-24/h2-12,15-16,26H,13-14H2,1H3. The fourth-order valence-electron chi connectivity index (χ4n) is 4.81. The first-order valence-electron chi connectivity index (χ1n) is 11.0. The van der Waals surface area contributed by atoms with Crippen LogP contribution < -0.4 is 14.9 Å². The Morgan fingerprint density at radius 3 is 2.64 bits per heavy atom. The molecule has 0 N–H and O–H groups in total. The van der Waals surface area contributed by atoms with Crippen molar-refractivity contribution in [2.24, 2.45) is 4.99 Å². The van der Waals surface area contributed by atoms with Gasteiger partial charge < -0.3 is 0 Å². The molecule has 1 aliphatic heterocycles. The largest absolute Gasteiger partial charge is 0.272 e. The maximum atomic E-state index is 13.7. The van der Waals surface area contributed by atoms with E-state index in [1.54, 1.807) is 0 Å². The molecular weight excluding hydrogens is 492 g/mol. The SMILES string of the molecule is Cc1ccc(C=c2sc3n(c2=O)C(c2ccccc2)C2=C(N=3)c3ccccc3CC2)cc1Br. The first-order chi connectivity index (χ1) is 16.1. The molecule has 2 aliphatic rings. The average molecular weight is 513 g/mol. The first kappa shape index (κ1) is 20.6. The molecule has 1 aliphatic carbocycles. The zero-order valence-corrected chi connectivity index (χ0v) is 20.5. The predicted molar refractivity (Wildman–Crippen MR) is 138 cm³/mol. The van der Waals surface area contributed by atoms with Crippen molar-refractivity contribution in [1.29, 1.82) is 0 Å². The summed E-state index contributed by atoms with van der Waals surface area (Å²) in [6.45, 7) is 2.06. The number of aryl methyl sites for hydroxylation is 2. The molecule has 0 radical (unpaired) electrons. The number of hydrogen-bond donors (Lipinski definition) is 0. The van der Waals surface area contributed by atoms with Gasteiger partial charge in [-0.05, 0) is 59.7 Å². The smallest absolute Gasteiger partial charge is 0.271 e. The predicted octanol–water partition coefficient (Wildman–Crippen LogP) is 5.39. The van der Waals surface area contributed by atoms with Crippen molar-refractivity contribution < 1.29 is 0 Å². The van der Waals surface area contributed by atoms with E-state index in [1.807, 2.05) is 34.9 Å². The number of fused-ring (bicyclic) bond motifs is 3. The lowest BCUT2D eigenvalue weighted by Crippen LogP contribution is -2.38. The topological polar surface area (TPSA) is 34.4 Å². The summed E-state index contributed by atoms with van der Waals surface area (Å²) in [4.78, 5) is 19.6. The Kier molecular flexibility index (Phi) is 5.04. The average Bonchev–Trinajstić information content (AvgIpc) is 3.15. The molecule has 2 heterocycles. The summed E-state index contributed by atoms with van der Waals surface area (Å²) < 4.78 is 3.65. The van der Waals surface area contributed by atoms with Gasteiger partial charge in [0.2, 0.25) is 0 Å². The second kappa shape index (κ2) is 8.08. The first-order valence-corrected chi connectivity index (χ1v) is 12.7. The van der Waals surface area contributed by atoms with Gasteiger partial charge in [-0.3, -0.25) is 9.36 Å². The molecule has 0 saturated heterocycles. The molecule has 5 heteroatoms. The third kappa shape index (κ3) is 3.47. The Hall–Kier alpha value is -3.02. The summed E-state index contributed by atoms with van der Waals surface area (Å²) in [7, 11) is 0. The molecule has 3 nitrogen and oxygen atoms in total. The van der Waals surface area contributed by atoms with Crippen LogP contribution in [0.4, 0.5) is 0 Å². The fourth-order valence-corrected chi connectivity index (χ4v) is 6.21. The van der Waals surface area contributed by atoms with E-state index in [9.17, 15) is 4.79 Å². The lowest BCUT2D eigenvalue weighted by atomic mass is 9.83. The molecule has 1 atom stereocenters. The Bertz CT molecular complexity index is 1610. The molecule has 0 bridgehead atoms. The van der Waals surface area contributed by atoms with E-state index < -0.39 is 0 Å². The van der Waals surface area contributed by atoms with Crippen LogP contribution in [0.5, 0.6) is 0 Å². The molecule has 0 spiro atoms. The van der Waals surface area contributed by atoms with Gasteiger partial charge in [0.15, 0.2) is 4.80 Å². The number of aromatic nitrogens is 1. The van der Waals surface area contributed by atoms with Crippen LogP contribution in [-0.4, -0.2) is 4.57 Å². The number of thiazole rings is 1.